The van der Waals surface area contributed by atoms with E-state index in [4.69, 9.17) is 4.74 Å². The predicted molar refractivity (Wildman–Crippen MR) is 102 cm³/mol. The van der Waals surface area contributed by atoms with Gasteiger partial charge in [0.05, 0.1) is 7.11 Å². The highest BCUT2D eigenvalue weighted by atomic mass is 16.5. The van der Waals surface area contributed by atoms with Crippen LogP contribution in [0.25, 0.3) is 10.8 Å². The number of ether oxygens (including phenoxy) is 1. The molecule has 2 aromatic rings. The predicted octanol–water partition coefficient (Wildman–Crippen LogP) is 3.98. The van der Waals surface area contributed by atoms with Gasteiger partial charge in [0.25, 0.3) is 0 Å². The van der Waals surface area contributed by atoms with Gasteiger partial charge in [-0.25, -0.2) is 0 Å². The fourth-order valence-electron chi connectivity index (χ4n) is 3.45. The zero-order valence-electron chi connectivity index (χ0n) is 14.8. The lowest BCUT2D eigenvalue weighted by Crippen LogP contribution is -2.42. The topological polar surface area (TPSA) is 24.5 Å². The zero-order chi connectivity index (χ0) is 16.9. The number of hydrogen-bond donors (Lipinski definition) is 1. The van der Waals surface area contributed by atoms with Crippen LogP contribution in [0.3, 0.4) is 0 Å². The van der Waals surface area contributed by atoms with E-state index in [0.717, 1.165) is 18.8 Å². The van der Waals surface area contributed by atoms with Gasteiger partial charge in [0.1, 0.15) is 5.75 Å². The molecule has 0 unspecified atom stereocenters. The van der Waals surface area contributed by atoms with E-state index in [1.165, 1.54) is 47.8 Å². The lowest BCUT2D eigenvalue weighted by atomic mass is 10.0. The molecule has 0 radical (unpaired) electrons. The first-order valence-electron chi connectivity index (χ1n) is 8.81. The molecule has 128 valence electrons. The maximum Gasteiger partial charge on any atom is 0.119 e. The van der Waals surface area contributed by atoms with Crippen molar-refractivity contribution in [2.45, 2.75) is 32.4 Å². The first-order valence-corrected chi connectivity index (χ1v) is 8.81. The summed E-state index contributed by atoms with van der Waals surface area (Å²) in [6.45, 7) is 10.4. The van der Waals surface area contributed by atoms with E-state index in [2.05, 4.69) is 54.1 Å². The lowest BCUT2D eigenvalue weighted by molar-refractivity contribution is 0.211. The fourth-order valence-corrected chi connectivity index (χ4v) is 3.45. The van der Waals surface area contributed by atoms with Gasteiger partial charge >= 0.3 is 0 Å². The third-order valence-electron chi connectivity index (χ3n) is 4.79. The molecule has 1 aliphatic heterocycles. The molecule has 0 atom stereocenters. The van der Waals surface area contributed by atoms with Crippen molar-refractivity contribution in [2.75, 3.05) is 26.7 Å². The molecule has 0 aliphatic carbocycles. The molecule has 1 saturated heterocycles. The van der Waals surface area contributed by atoms with Crippen LogP contribution in [0.2, 0.25) is 0 Å². The molecular weight excluding hydrogens is 296 g/mol. The van der Waals surface area contributed by atoms with E-state index in [1.54, 1.807) is 7.11 Å². The van der Waals surface area contributed by atoms with E-state index in [1.807, 2.05) is 6.07 Å². The number of fused-ring (bicyclic) bond motifs is 1. The summed E-state index contributed by atoms with van der Waals surface area (Å²) in [5.74, 6) is 0.912. The smallest absolute Gasteiger partial charge is 0.119 e. The summed E-state index contributed by atoms with van der Waals surface area (Å²) in [5.41, 5.74) is 2.60. The molecule has 0 bridgehead atoms. The average Bonchev–Trinajstić information content (AvgIpc) is 2.60. The van der Waals surface area contributed by atoms with Crippen molar-refractivity contribution in [1.82, 2.24) is 10.2 Å². The van der Waals surface area contributed by atoms with Crippen LogP contribution in [0.15, 0.2) is 48.6 Å². The Balaban J connectivity index is 1.53. The molecule has 3 rings (SSSR count). The van der Waals surface area contributed by atoms with Crippen molar-refractivity contribution in [2.24, 2.45) is 0 Å². The summed E-state index contributed by atoms with van der Waals surface area (Å²) in [7, 11) is 1.71. The quantitative estimate of drug-likeness (QED) is 0.814. The number of hydrogen-bond acceptors (Lipinski definition) is 3. The van der Waals surface area contributed by atoms with Gasteiger partial charge in [-0.2, -0.15) is 0 Å². The second-order valence-corrected chi connectivity index (χ2v) is 6.94. The molecular formula is C21H28N2O. The van der Waals surface area contributed by atoms with Crippen LogP contribution in [0, 0.1) is 0 Å². The standard InChI is InChI=1S/C21H28N2O/c1-16(2)15-23-10-8-20(9-11-23)22-14-17-4-5-19-13-21(24-3)7-6-18(19)12-17/h4-7,12-13,20,22H,1,8-11,14-15H2,2-3H3. The second kappa shape index (κ2) is 7.82. The van der Waals surface area contributed by atoms with E-state index in [-0.39, 0.29) is 0 Å². The third kappa shape index (κ3) is 4.37. The van der Waals surface area contributed by atoms with Crippen molar-refractivity contribution in [3.05, 3.63) is 54.1 Å². The van der Waals surface area contributed by atoms with Crippen LogP contribution in [0.4, 0.5) is 0 Å². The van der Waals surface area contributed by atoms with Gasteiger partial charge in [-0.15, -0.1) is 0 Å². The molecule has 1 N–H and O–H groups in total. The van der Waals surface area contributed by atoms with E-state index < -0.39 is 0 Å². The Morgan fingerprint density at radius 2 is 1.88 bits per heavy atom. The number of nitrogens with one attached hydrogen (secondary N) is 1. The summed E-state index contributed by atoms with van der Waals surface area (Å²) in [6, 6.07) is 13.5. The number of benzene rings is 2. The zero-order valence-corrected chi connectivity index (χ0v) is 14.8. The van der Waals surface area contributed by atoms with Gasteiger partial charge in [-0.3, -0.25) is 4.90 Å². The SMILES string of the molecule is C=C(C)CN1CCC(NCc2ccc3cc(OC)ccc3c2)CC1. The average molecular weight is 324 g/mol. The molecule has 2 aromatic carbocycles. The maximum atomic E-state index is 5.29. The van der Waals surface area contributed by atoms with E-state index in [0.29, 0.717) is 6.04 Å². The highest BCUT2D eigenvalue weighted by molar-refractivity contribution is 5.84. The minimum Gasteiger partial charge on any atom is -0.497 e. The van der Waals surface area contributed by atoms with Crippen molar-refractivity contribution in [1.29, 1.82) is 0 Å². The third-order valence-corrected chi connectivity index (χ3v) is 4.79. The van der Waals surface area contributed by atoms with Crippen molar-refractivity contribution >= 4 is 10.8 Å². The number of piperidine rings is 1. The van der Waals surface area contributed by atoms with E-state index in [9.17, 15) is 0 Å². The Morgan fingerprint density at radius 3 is 2.58 bits per heavy atom. The summed E-state index contributed by atoms with van der Waals surface area (Å²) >= 11 is 0. The molecule has 0 amide bonds. The highest BCUT2D eigenvalue weighted by Gasteiger charge is 2.18. The van der Waals surface area contributed by atoms with E-state index >= 15 is 0 Å². The minimum atomic E-state index is 0.623. The summed E-state index contributed by atoms with van der Waals surface area (Å²) in [5, 5.41) is 6.22. The maximum absolute atomic E-state index is 5.29. The minimum absolute atomic E-state index is 0.623. The molecule has 24 heavy (non-hydrogen) atoms. The lowest BCUT2D eigenvalue weighted by Gasteiger charge is -2.32. The summed E-state index contributed by atoms with van der Waals surface area (Å²) in [4.78, 5) is 2.50. The Bertz CT molecular complexity index is 702. The van der Waals surface area contributed by atoms with Crippen LogP contribution in [0.1, 0.15) is 25.3 Å². The Kier molecular flexibility index (Phi) is 5.54. The molecule has 3 heteroatoms. The monoisotopic (exact) mass is 324 g/mol. The van der Waals surface area contributed by atoms with Gasteiger partial charge in [0.2, 0.25) is 0 Å². The van der Waals surface area contributed by atoms with Crippen molar-refractivity contribution in [3.63, 3.8) is 0 Å². The molecule has 0 aromatic heterocycles. The Labute approximate surface area is 145 Å². The van der Waals surface area contributed by atoms with Crippen LogP contribution >= 0.6 is 0 Å². The Morgan fingerprint density at radius 1 is 1.17 bits per heavy atom. The highest BCUT2D eigenvalue weighted by Crippen LogP contribution is 2.22. The number of methoxy groups -OCH3 is 1. The largest absolute Gasteiger partial charge is 0.497 e. The first kappa shape index (κ1) is 17.0. The molecule has 0 saturated carbocycles. The molecule has 0 spiro atoms. The van der Waals surface area contributed by atoms with Crippen LogP contribution in [-0.2, 0) is 6.54 Å². The van der Waals surface area contributed by atoms with Gasteiger partial charge in [-0.1, -0.05) is 30.4 Å². The fraction of sp³-hybridized carbons (Fsp3) is 0.429. The van der Waals surface area contributed by atoms with Crippen molar-refractivity contribution < 1.29 is 4.74 Å². The molecule has 3 nitrogen and oxygen atoms in total. The number of likely N-dealkylation sites (tertiary alicyclic amines) is 1. The van der Waals surface area contributed by atoms with Gasteiger partial charge in [0, 0.05) is 19.1 Å². The number of nitrogens with zero attached hydrogens (tertiary/aromatic N) is 1. The van der Waals surface area contributed by atoms with Gasteiger partial charge in [-0.05, 0) is 67.4 Å². The summed E-state index contributed by atoms with van der Waals surface area (Å²) < 4.78 is 5.29. The van der Waals surface area contributed by atoms with Gasteiger partial charge in [0.15, 0.2) is 0 Å². The van der Waals surface area contributed by atoms with Crippen LogP contribution in [0.5, 0.6) is 5.75 Å². The normalized spacial score (nSPS) is 16.4. The van der Waals surface area contributed by atoms with Crippen LogP contribution in [-0.4, -0.2) is 37.7 Å². The van der Waals surface area contributed by atoms with Gasteiger partial charge < -0.3 is 10.1 Å². The number of rotatable bonds is 6. The molecule has 1 aliphatic rings. The summed E-state index contributed by atoms with van der Waals surface area (Å²) in [6.07, 6.45) is 2.44. The molecule has 1 fully saturated rings. The van der Waals surface area contributed by atoms with Crippen LogP contribution < -0.4 is 10.1 Å². The molecule has 1 heterocycles. The Hall–Kier alpha value is -1.84. The first-order chi connectivity index (χ1) is 11.6. The second-order valence-electron chi connectivity index (χ2n) is 6.94. The van der Waals surface area contributed by atoms with Crippen molar-refractivity contribution in [3.8, 4) is 5.75 Å².